The van der Waals surface area contributed by atoms with Crippen LogP contribution in [-0.2, 0) is 6.54 Å². The van der Waals surface area contributed by atoms with E-state index < -0.39 is 0 Å². The summed E-state index contributed by atoms with van der Waals surface area (Å²) >= 11 is 0. The third-order valence-corrected chi connectivity index (χ3v) is 5.12. The number of benzene rings is 2. The maximum absolute atomic E-state index is 5.43. The van der Waals surface area contributed by atoms with Crippen LogP contribution >= 0.6 is 0 Å². The van der Waals surface area contributed by atoms with Crippen LogP contribution in [0.15, 0.2) is 66.0 Å². The van der Waals surface area contributed by atoms with E-state index in [2.05, 4.69) is 45.8 Å². The molecule has 0 fully saturated rings. The van der Waals surface area contributed by atoms with E-state index in [0.717, 1.165) is 34.7 Å². The molecule has 6 heteroatoms. The van der Waals surface area contributed by atoms with Crippen molar-refractivity contribution in [1.82, 2.24) is 9.38 Å². The number of aliphatic imine (C=N–C) groups is 1. The number of nitrogens with zero attached hydrogens (tertiary/aromatic N) is 3. The molecule has 3 heterocycles. The minimum absolute atomic E-state index is 0.673. The van der Waals surface area contributed by atoms with Crippen LogP contribution in [0.2, 0.25) is 0 Å². The van der Waals surface area contributed by atoms with Gasteiger partial charge in [0.05, 0.1) is 26.5 Å². The second kappa shape index (κ2) is 6.98. The highest BCUT2D eigenvalue weighted by atomic mass is 16.5. The molecule has 29 heavy (non-hydrogen) atoms. The molecule has 1 aliphatic heterocycles. The summed E-state index contributed by atoms with van der Waals surface area (Å²) in [6.07, 6.45) is 7.78. The Kier molecular flexibility index (Phi) is 4.17. The van der Waals surface area contributed by atoms with E-state index in [1.54, 1.807) is 20.4 Å². The van der Waals surface area contributed by atoms with Gasteiger partial charge >= 0.3 is 0 Å². The van der Waals surface area contributed by atoms with E-state index in [4.69, 9.17) is 9.47 Å². The third kappa shape index (κ3) is 3.08. The summed E-state index contributed by atoms with van der Waals surface area (Å²) in [6, 6.07) is 14.3. The van der Waals surface area contributed by atoms with E-state index in [1.165, 1.54) is 11.1 Å². The smallest absolute Gasteiger partial charge is 0.162 e. The van der Waals surface area contributed by atoms with Crippen LogP contribution in [0.1, 0.15) is 11.1 Å². The summed E-state index contributed by atoms with van der Waals surface area (Å²) in [7, 11) is 3.26. The number of aromatic nitrogens is 2. The quantitative estimate of drug-likeness (QED) is 0.542. The maximum Gasteiger partial charge on any atom is 0.162 e. The first kappa shape index (κ1) is 17.3. The number of hydrogen-bond acceptors (Lipinski definition) is 5. The van der Waals surface area contributed by atoms with Crippen molar-refractivity contribution in [2.45, 2.75) is 6.54 Å². The zero-order valence-corrected chi connectivity index (χ0v) is 16.2. The van der Waals surface area contributed by atoms with Crippen molar-refractivity contribution in [3.05, 3.63) is 72.2 Å². The van der Waals surface area contributed by atoms with Crippen molar-refractivity contribution in [3.8, 4) is 22.6 Å². The Balaban J connectivity index is 1.56. The highest BCUT2D eigenvalue weighted by Crippen LogP contribution is 2.34. The molecule has 5 rings (SSSR count). The van der Waals surface area contributed by atoms with E-state index >= 15 is 0 Å². The predicted molar refractivity (Wildman–Crippen MR) is 115 cm³/mol. The van der Waals surface area contributed by atoms with E-state index in [1.807, 2.05) is 35.0 Å². The van der Waals surface area contributed by atoms with Crippen LogP contribution in [-0.4, -0.2) is 29.8 Å². The number of pyridine rings is 1. The lowest BCUT2D eigenvalue weighted by Gasteiger charge is -2.14. The Morgan fingerprint density at radius 2 is 1.86 bits per heavy atom. The molecule has 0 unspecified atom stereocenters. The molecule has 0 atom stereocenters. The number of fused-ring (bicyclic) bond motifs is 2. The number of hydrogen-bond donors (Lipinski definition) is 1. The van der Waals surface area contributed by atoms with Crippen molar-refractivity contribution in [2.24, 2.45) is 4.99 Å². The fraction of sp³-hybridized carbons (Fsp3) is 0.130. The van der Waals surface area contributed by atoms with E-state index in [9.17, 15) is 0 Å². The van der Waals surface area contributed by atoms with Gasteiger partial charge in [0.2, 0.25) is 0 Å². The molecule has 1 N–H and O–H groups in total. The molecule has 4 aromatic rings. The molecule has 2 aromatic carbocycles. The average Bonchev–Trinajstić information content (AvgIpc) is 3.42. The molecule has 0 amide bonds. The SMILES string of the molecule is COc1ccc(Nc2cc(-c3ccc4c(c3)CN=C4)cn3ccnc23)cc1OC. The second-order valence-electron chi connectivity index (χ2n) is 6.88. The molecule has 6 nitrogen and oxygen atoms in total. The standard InChI is InChI=1S/C23H20N4O2/c1-28-21-6-5-19(11-22(21)29-2)26-20-10-18(14-27-8-7-25-23(20)27)15-3-4-16-12-24-13-17(16)9-15/h3-12,14,26H,13H2,1-2H3. The monoisotopic (exact) mass is 384 g/mol. The lowest BCUT2D eigenvalue weighted by Crippen LogP contribution is -1.98. The third-order valence-electron chi connectivity index (χ3n) is 5.12. The number of anilines is 2. The summed E-state index contributed by atoms with van der Waals surface area (Å²) in [6.45, 7) is 0.743. The Labute approximate surface area is 168 Å². The van der Waals surface area contributed by atoms with Gasteiger partial charge in [-0.25, -0.2) is 4.98 Å². The summed E-state index contributed by atoms with van der Waals surface area (Å²) in [5.74, 6) is 1.37. The Morgan fingerprint density at radius 1 is 0.966 bits per heavy atom. The predicted octanol–water partition coefficient (Wildman–Crippen LogP) is 4.69. The summed E-state index contributed by atoms with van der Waals surface area (Å²) in [5, 5.41) is 3.48. The molecule has 0 saturated heterocycles. The molecule has 0 bridgehead atoms. The molecule has 144 valence electrons. The number of rotatable bonds is 5. The van der Waals surface area contributed by atoms with Crippen LogP contribution in [0.3, 0.4) is 0 Å². The number of methoxy groups -OCH3 is 2. The zero-order valence-electron chi connectivity index (χ0n) is 16.2. The molecular formula is C23H20N4O2. The average molecular weight is 384 g/mol. The summed E-state index contributed by atoms with van der Waals surface area (Å²) in [5.41, 5.74) is 7.37. The molecule has 1 aliphatic rings. The highest BCUT2D eigenvalue weighted by molar-refractivity contribution is 5.87. The molecule has 0 aliphatic carbocycles. The number of nitrogens with one attached hydrogen (secondary N) is 1. The van der Waals surface area contributed by atoms with Gasteiger partial charge in [0.25, 0.3) is 0 Å². The largest absolute Gasteiger partial charge is 0.493 e. The van der Waals surface area contributed by atoms with Gasteiger partial charge in [0.1, 0.15) is 0 Å². The topological polar surface area (TPSA) is 60.2 Å². The first-order valence-electron chi connectivity index (χ1n) is 9.34. The first-order valence-corrected chi connectivity index (χ1v) is 9.34. The maximum atomic E-state index is 5.43. The lowest BCUT2D eigenvalue weighted by molar-refractivity contribution is 0.355. The Morgan fingerprint density at radius 3 is 2.72 bits per heavy atom. The number of imidazole rings is 1. The fourth-order valence-electron chi connectivity index (χ4n) is 3.64. The van der Waals surface area contributed by atoms with Crippen LogP contribution in [0, 0.1) is 0 Å². The van der Waals surface area contributed by atoms with Gasteiger partial charge in [-0.05, 0) is 41.0 Å². The van der Waals surface area contributed by atoms with Crippen LogP contribution in [0.25, 0.3) is 16.8 Å². The lowest BCUT2D eigenvalue weighted by atomic mass is 10.0. The zero-order chi connectivity index (χ0) is 19.8. The van der Waals surface area contributed by atoms with E-state index in [-0.39, 0.29) is 0 Å². The minimum atomic E-state index is 0.673. The van der Waals surface area contributed by atoms with Crippen molar-refractivity contribution in [2.75, 3.05) is 19.5 Å². The highest BCUT2D eigenvalue weighted by Gasteiger charge is 2.12. The Bertz CT molecular complexity index is 1240. The minimum Gasteiger partial charge on any atom is -0.493 e. The second-order valence-corrected chi connectivity index (χ2v) is 6.88. The van der Waals surface area contributed by atoms with Crippen molar-refractivity contribution < 1.29 is 9.47 Å². The van der Waals surface area contributed by atoms with Gasteiger partial charge < -0.3 is 19.2 Å². The van der Waals surface area contributed by atoms with E-state index in [0.29, 0.717) is 11.5 Å². The van der Waals surface area contributed by atoms with Crippen molar-refractivity contribution in [3.63, 3.8) is 0 Å². The van der Waals surface area contributed by atoms with Gasteiger partial charge in [0, 0.05) is 42.1 Å². The van der Waals surface area contributed by atoms with Crippen LogP contribution in [0.4, 0.5) is 11.4 Å². The number of ether oxygens (including phenoxy) is 2. The van der Waals surface area contributed by atoms with Gasteiger partial charge in [0.15, 0.2) is 17.1 Å². The molecular weight excluding hydrogens is 364 g/mol. The molecule has 0 spiro atoms. The van der Waals surface area contributed by atoms with Crippen LogP contribution in [0.5, 0.6) is 11.5 Å². The van der Waals surface area contributed by atoms with Crippen LogP contribution < -0.4 is 14.8 Å². The first-order chi connectivity index (χ1) is 14.2. The summed E-state index contributed by atoms with van der Waals surface area (Å²) < 4.78 is 12.8. The van der Waals surface area contributed by atoms with Gasteiger partial charge in [-0.1, -0.05) is 12.1 Å². The normalized spacial score (nSPS) is 12.2. The van der Waals surface area contributed by atoms with Crippen molar-refractivity contribution >= 4 is 23.2 Å². The van der Waals surface area contributed by atoms with Crippen molar-refractivity contribution in [1.29, 1.82) is 0 Å². The van der Waals surface area contributed by atoms with Gasteiger partial charge in [-0.3, -0.25) is 4.99 Å². The molecule has 0 radical (unpaired) electrons. The molecule has 0 saturated carbocycles. The summed E-state index contributed by atoms with van der Waals surface area (Å²) in [4.78, 5) is 8.87. The molecule has 2 aromatic heterocycles. The Hall–Kier alpha value is -3.80. The van der Waals surface area contributed by atoms with Gasteiger partial charge in [-0.15, -0.1) is 0 Å². The fourth-order valence-corrected chi connectivity index (χ4v) is 3.64. The van der Waals surface area contributed by atoms with Gasteiger partial charge in [-0.2, -0.15) is 0 Å².